The first kappa shape index (κ1) is 23.3. The summed E-state index contributed by atoms with van der Waals surface area (Å²) in [6.45, 7) is 1.84. The molecule has 0 atom stereocenters. The van der Waals surface area contributed by atoms with E-state index in [1.54, 1.807) is 0 Å². The Balaban J connectivity index is 1.87. The topological polar surface area (TPSA) is 113 Å². The van der Waals surface area contributed by atoms with Crippen LogP contribution in [0.5, 0.6) is 5.88 Å². The second-order valence-corrected chi connectivity index (χ2v) is 7.36. The average Bonchev–Trinajstić information content (AvgIpc) is 2.62. The Morgan fingerprint density at radius 2 is 1.88 bits per heavy atom. The van der Waals surface area contributed by atoms with Gasteiger partial charge < -0.3 is 20.8 Å². The molecule has 2 aromatic rings. The normalized spacial score (nSPS) is 18.5. The third-order valence-electron chi connectivity index (χ3n) is 4.60. The quantitative estimate of drug-likeness (QED) is 0.419. The molecule has 8 nitrogen and oxygen atoms in total. The largest absolute Gasteiger partial charge is 0.474 e. The highest BCUT2D eigenvalue weighted by Gasteiger charge is 2.49. The third kappa shape index (κ3) is 5.65. The molecule has 0 saturated heterocycles. The Bertz CT molecular complexity index is 1020. The van der Waals surface area contributed by atoms with Crippen LogP contribution < -0.4 is 15.4 Å². The Labute approximate surface area is 179 Å². The van der Waals surface area contributed by atoms with Gasteiger partial charge in [-0.3, -0.25) is 4.79 Å². The number of alkyl halides is 5. The van der Waals surface area contributed by atoms with Crippen molar-refractivity contribution in [1.29, 1.82) is 5.41 Å². The Morgan fingerprint density at radius 3 is 2.44 bits per heavy atom. The molecule has 1 saturated carbocycles. The molecule has 1 aliphatic rings. The van der Waals surface area contributed by atoms with Crippen LogP contribution in [0.1, 0.15) is 38.1 Å². The third-order valence-corrected chi connectivity index (χ3v) is 4.60. The molecule has 2 aromatic heterocycles. The lowest BCUT2D eigenvalue weighted by Crippen LogP contribution is -2.42. The standard InChI is InChI=1S/C19H19F5N6O2/c1-9(31)27-14-5-13(10(7-25)8-26-14)28-15-6-16(30-17(29-15)18(2,20)21)32-12-3-11(4-12)19(22,23)24/h5-8,11-12,25H,3-4H2,1-2H3,(H2,26,27,28,29,30,31). The summed E-state index contributed by atoms with van der Waals surface area (Å²) < 4.78 is 71.2. The second kappa shape index (κ2) is 8.63. The minimum Gasteiger partial charge on any atom is -0.474 e. The van der Waals surface area contributed by atoms with Crippen molar-refractivity contribution in [3.8, 4) is 5.88 Å². The Morgan fingerprint density at radius 1 is 1.19 bits per heavy atom. The van der Waals surface area contributed by atoms with E-state index in [0.29, 0.717) is 6.92 Å². The summed E-state index contributed by atoms with van der Waals surface area (Å²) >= 11 is 0. The number of hydrogen-bond donors (Lipinski definition) is 3. The van der Waals surface area contributed by atoms with Gasteiger partial charge in [-0.25, -0.2) is 9.97 Å². The highest BCUT2D eigenvalue weighted by molar-refractivity contribution is 5.91. The first-order chi connectivity index (χ1) is 14.8. The minimum absolute atomic E-state index is 0.138. The van der Waals surface area contributed by atoms with Crippen molar-refractivity contribution in [3.63, 3.8) is 0 Å². The molecule has 1 fully saturated rings. The van der Waals surface area contributed by atoms with E-state index in [1.165, 1.54) is 25.3 Å². The fourth-order valence-electron chi connectivity index (χ4n) is 2.92. The minimum atomic E-state index is -4.34. The van der Waals surface area contributed by atoms with E-state index in [0.717, 1.165) is 6.21 Å². The maximum atomic E-state index is 13.9. The Hall–Kier alpha value is -3.38. The van der Waals surface area contributed by atoms with Crippen LogP contribution in [0.15, 0.2) is 18.3 Å². The highest BCUT2D eigenvalue weighted by Crippen LogP contribution is 2.42. The molecular weight excluding hydrogens is 439 g/mol. The van der Waals surface area contributed by atoms with E-state index < -0.39 is 35.9 Å². The number of pyridine rings is 1. The fourth-order valence-corrected chi connectivity index (χ4v) is 2.92. The van der Waals surface area contributed by atoms with Gasteiger partial charge in [-0.05, 0) is 12.8 Å². The number of nitrogens with zero attached hydrogens (tertiary/aromatic N) is 3. The lowest BCUT2D eigenvalue weighted by Gasteiger charge is -2.36. The van der Waals surface area contributed by atoms with E-state index >= 15 is 0 Å². The zero-order chi connectivity index (χ0) is 23.7. The fraction of sp³-hybridized carbons (Fsp3) is 0.421. The van der Waals surface area contributed by atoms with Gasteiger partial charge in [-0.1, -0.05) is 0 Å². The number of aromatic nitrogens is 3. The van der Waals surface area contributed by atoms with Gasteiger partial charge in [0.1, 0.15) is 17.7 Å². The van der Waals surface area contributed by atoms with Gasteiger partial charge in [0.25, 0.3) is 0 Å². The molecular formula is C19H19F5N6O2. The number of nitrogens with one attached hydrogen (secondary N) is 3. The summed E-state index contributed by atoms with van der Waals surface area (Å²) in [5.74, 6) is -6.54. The van der Waals surface area contributed by atoms with Crippen molar-refractivity contribution in [3.05, 3.63) is 29.7 Å². The van der Waals surface area contributed by atoms with Gasteiger partial charge in [0, 0.05) is 44.0 Å². The van der Waals surface area contributed by atoms with Gasteiger partial charge in [0.15, 0.2) is 0 Å². The number of anilines is 3. The monoisotopic (exact) mass is 458 g/mol. The zero-order valence-corrected chi connectivity index (χ0v) is 16.9. The molecule has 0 unspecified atom stereocenters. The second-order valence-electron chi connectivity index (χ2n) is 7.36. The van der Waals surface area contributed by atoms with Crippen LogP contribution >= 0.6 is 0 Å². The molecule has 3 rings (SSSR count). The molecule has 1 aliphatic carbocycles. The molecule has 3 N–H and O–H groups in total. The number of carbonyl (C=O) groups excluding carboxylic acids is 1. The van der Waals surface area contributed by atoms with Crippen LogP contribution in [0, 0.1) is 11.3 Å². The number of amides is 1. The summed E-state index contributed by atoms with van der Waals surface area (Å²) in [7, 11) is 0. The molecule has 172 valence electrons. The van der Waals surface area contributed by atoms with Crippen LogP contribution in [0.25, 0.3) is 0 Å². The summed E-state index contributed by atoms with van der Waals surface area (Å²) in [6, 6.07) is 2.54. The van der Waals surface area contributed by atoms with E-state index in [1.807, 2.05) is 0 Å². The van der Waals surface area contributed by atoms with Crippen molar-refractivity contribution >= 4 is 29.4 Å². The van der Waals surface area contributed by atoms with E-state index in [4.69, 9.17) is 10.1 Å². The number of halogens is 5. The first-order valence-electron chi connectivity index (χ1n) is 9.41. The summed E-state index contributed by atoms with van der Waals surface area (Å²) in [5.41, 5.74) is 0.478. The Kier molecular flexibility index (Phi) is 6.28. The maximum absolute atomic E-state index is 13.9. The molecule has 13 heteroatoms. The van der Waals surface area contributed by atoms with Crippen molar-refractivity contribution < 1.29 is 31.5 Å². The molecule has 0 aromatic carbocycles. The number of hydrogen-bond acceptors (Lipinski definition) is 7. The number of ether oxygens (including phenoxy) is 1. The van der Waals surface area contributed by atoms with E-state index in [-0.39, 0.29) is 41.6 Å². The van der Waals surface area contributed by atoms with Gasteiger partial charge in [-0.15, -0.1) is 0 Å². The molecule has 0 radical (unpaired) electrons. The molecule has 0 spiro atoms. The first-order valence-corrected chi connectivity index (χ1v) is 9.41. The predicted octanol–water partition coefficient (Wildman–Crippen LogP) is 4.40. The van der Waals surface area contributed by atoms with Crippen molar-refractivity contribution in [1.82, 2.24) is 15.0 Å². The van der Waals surface area contributed by atoms with Crippen LogP contribution in [-0.4, -0.2) is 39.4 Å². The smallest absolute Gasteiger partial charge is 0.392 e. The van der Waals surface area contributed by atoms with Crippen molar-refractivity contribution in [2.45, 2.75) is 44.9 Å². The number of carbonyl (C=O) groups is 1. The molecule has 0 bridgehead atoms. The van der Waals surface area contributed by atoms with Crippen molar-refractivity contribution in [2.24, 2.45) is 5.92 Å². The molecule has 32 heavy (non-hydrogen) atoms. The van der Waals surface area contributed by atoms with Gasteiger partial charge in [0.05, 0.1) is 11.6 Å². The van der Waals surface area contributed by atoms with Crippen LogP contribution in [0.2, 0.25) is 0 Å². The van der Waals surface area contributed by atoms with Crippen LogP contribution in [-0.2, 0) is 10.7 Å². The van der Waals surface area contributed by atoms with Gasteiger partial charge in [-0.2, -0.15) is 26.9 Å². The van der Waals surface area contributed by atoms with Crippen LogP contribution in [0.3, 0.4) is 0 Å². The molecule has 0 aliphatic heterocycles. The number of rotatable bonds is 7. The average molecular weight is 458 g/mol. The van der Waals surface area contributed by atoms with Gasteiger partial charge >= 0.3 is 12.1 Å². The summed E-state index contributed by atoms with van der Waals surface area (Å²) in [6.07, 6.45) is -3.51. The van der Waals surface area contributed by atoms with Gasteiger partial charge in [0.2, 0.25) is 17.6 Å². The molecule has 2 heterocycles. The predicted molar refractivity (Wildman–Crippen MR) is 105 cm³/mol. The van der Waals surface area contributed by atoms with E-state index in [2.05, 4.69) is 25.6 Å². The lowest BCUT2D eigenvalue weighted by molar-refractivity contribution is -0.210. The van der Waals surface area contributed by atoms with E-state index in [9.17, 15) is 26.7 Å². The van der Waals surface area contributed by atoms with Crippen LogP contribution in [0.4, 0.5) is 39.3 Å². The summed E-state index contributed by atoms with van der Waals surface area (Å²) in [5, 5.41) is 12.7. The maximum Gasteiger partial charge on any atom is 0.392 e. The molecule has 1 amide bonds. The lowest BCUT2D eigenvalue weighted by atomic mass is 9.82. The SMILES string of the molecule is CC(=O)Nc1cc(Nc2cc(OC3CC(C(F)(F)F)C3)nc(C(C)(F)F)n2)c(C=N)cn1. The highest BCUT2D eigenvalue weighted by atomic mass is 19.4. The van der Waals surface area contributed by atoms with Crippen molar-refractivity contribution in [2.75, 3.05) is 10.6 Å². The zero-order valence-electron chi connectivity index (χ0n) is 16.9. The summed E-state index contributed by atoms with van der Waals surface area (Å²) in [4.78, 5) is 22.6.